The summed E-state index contributed by atoms with van der Waals surface area (Å²) in [5.41, 5.74) is 0. The molecular formula is C8H12F3NO3. The Labute approximate surface area is 84.4 Å². The van der Waals surface area contributed by atoms with Crippen LogP contribution in [0.5, 0.6) is 0 Å². The van der Waals surface area contributed by atoms with Crippen molar-refractivity contribution in [3.63, 3.8) is 0 Å². The maximum atomic E-state index is 11.9. The Morgan fingerprint density at radius 1 is 1.53 bits per heavy atom. The molecule has 3 atom stereocenters. The Bertz CT molecular complexity index is 244. The lowest BCUT2D eigenvalue weighted by Crippen LogP contribution is -2.54. The van der Waals surface area contributed by atoms with Gasteiger partial charge in [0.15, 0.2) is 0 Å². The van der Waals surface area contributed by atoms with Gasteiger partial charge < -0.3 is 15.2 Å². The highest BCUT2D eigenvalue weighted by Crippen LogP contribution is 2.18. The zero-order valence-electron chi connectivity index (χ0n) is 8.04. The number of aliphatic hydroxyl groups excluding tert-OH is 1. The second-order valence-electron chi connectivity index (χ2n) is 3.43. The minimum absolute atomic E-state index is 0.174. The van der Waals surface area contributed by atoms with Crippen LogP contribution in [0, 0.1) is 0 Å². The van der Waals surface area contributed by atoms with Crippen LogP contribution < -0.4 is 5.32 Å². The molecule has 7 heteroatoms. The van der Waals surface area contributed by atoms with Crippen molar-refractivity contribution in [2.75, 3.05) is 6.61 Å². The fourth-order valence-corrected chi connectivity index (χ4v) is 1.39. The summed E-state index contributed by atoms with van der Waals surface area (Å²) in [4.78, 5) is 10.6. The zero-order valence-corrected chi connectivity index (χ0v) is 8.04. The van der Waals surface area contributed by atoms with E-state index in [-0.39, 0.29) is 13.0 Å². The van der Waals surface area contributed by atoms with E-state index in [1.54, 1.807) is 5.32 Å². The Kier molecular flexibility index (Phi) is 3.56. The van der Waals surface area contributed by atoms with Crippen LogP contribution in [0.25, 0.3) is 0 Å². The summed E-state index contributed by atoms with van der Waals surface area (Å²) in [6.45, 7) is 1.76. The number of amides is 1. The van der Waals surface area contributed by atoms with E-state index in [1.807, 2.05) is 0 Å². The minimum atomic E-state index is -4.92. The monoisotopic (exact) mass is 227 g/mol. The summed E-state index contributed by atoms with van der Waals surface area (Å²) in [6.07, 6.45) is -6.42. The molecule has 88 valence electrons. The van der Waals surface area contributed by atoms with E-state index in [0.29, 0.717) is 0 Å². The normalized spacial score (nSPS) is 32.5. The summed E-state index contributed by atoms with van der Waals surface area (Å²) < 4.78 is 40.7. The van der Waals surface area contributed by atoms with Crippen molar-refractivity contribution >= 4 is 5.91 Å². The SMILES string of the molecule is C[C@H]1OCC[C@H](NC(=O)C(F)(F)F)[C@H]1O. The van der Waals surface area contributed by atoms with Crippen LogP contribution >= 0.6 is 0 Å². The quantitative estimate of drug-likeness (QED) is 0.673. The fourth-order valence-electron chi connectivity index (χ4n) is 1.39. The standard InChI is InChI=1S/C8H12F3NO3/c1-4-6(13)5(2-3-15-4)12-7(14)8(9,10)11/h4-6,13H,2-3H2,1H3,(H,12,14)/t4-,5+,6+/m1/s1. The molecule has 2 N–H and O–H groups in total. The van der Waals surface area contributed by atoms with E-state index in [2.05, 4.69) is 0 Å². The molecule has 1 heterocycles. The average molecular weight is 227 g/mol. The van der Waals surface area contributed by atoms with Gasteiger partial charge in [0.2, 0.25) is 0 Å². The van der Waals surface area contributed by atoms with Crippen LogP contribution in [0.3, 0.4) is 0 Å². The van der Waals surface area contributed by atoms with Gasteiger partial charge in [0.25, 0.3) is 0 Å². The first-order valence-corrected chi connectivity index (χ1v) is 4.49. The number of carbonyl (C=O) groups excluding carboxylic acids is 1. The van der Waals surface area contributed by atoms with Gasteiger partial charge >= 0.3 is 12.1 Å². The van der Waals surface area contributed by atoms with Gasteiger partial charge in [-0.15, -0.1) is 0 Å². The lowest BCUT2D eigenvalue weighted by atomic mass is 10.0. The minimum Gasteiger partial charge on any atom is -0.388 e. The average Bonchev–Trinajstić information content (AvgIpc) is 2.11. The van der Waals surface area contributed by atoms with Gasteiger partial charge in [-0.25, -0.2) is 0 Å². The Morgan fingerprint density at radius 2 is 2.13 bits per heavy atom. The third-order valence-corrected chi connectivity index (χ3v) is 2.28. The number of hydrogen-bond acceptors (Lipinski definition) is 3. The molecule has 1 fully saturated rings. The van der Waals surface area contributed by atoms with E-state index >= 15 is 0 Å². The number of aliphatic hydroxyl groups is 1. The van der Waals surface area contributed by atoms with Crippen molar-refractivity contribution in [2.24, 2.45) is 0 Å². The Hall–Kier alpha value is -0.820. The number of alkyl halides is 3. The molecular weight excluding hydrogens is 215 g/mol. The van der Waals surface area contributed by atoms with Crippen LogP contribution in [-0.4, -0.2) is 42.0 Å². The predicted molar refractivity (Wildman–Crippen MR) is 44.0 cm³/mol. The number of carbonyl (C=O) groups is 1. The maximum Gasteiger partial charge on any atom is 0.471 e. The van der Waals surface area contributed by atoms with Crippen LogP contribution in [0.15, 0.2) is 0 Å². The second-order valence-corrected chi connectivity index (χ2v) is 3.43. The molecule has 0 aromatic carbocycles. The van der Waals surface area contributed by atoms with Crippen molar-refractivity contribution in [3.05, 3.63) is 0 Å². The molecule has 15 heavy (non-hydrogen) atoms. The molecule has 0 saturated carbocycles. The van der Waals surface area contributed by atoms with Gasteiger partial charge in [0, 0.05) is 6.61 Å². The summed E-state index contributed by atoms with van der Waals surface area (Å²) in [6, 6.07) is -0.900. The van der Waals surface area contributed by atoms with Gasteiger partial charge in [-0.1, -0.05) is 0 Å². The van der Waals surface area contributed by atoms with Crippen LogP contribution in [-0.2, 0) is 9.53 Å². The molecule has 4 nitrogen and oxygen atoms in total. The first kappa shape index (κ1) is 12.3. The first-order valence-electron chi connectivity index (χ1n) is 4.49. The van der Waals surface area contributed by atoms with E-state index in [4.69, 9.17) is 4.74 Å². The first-order chi connectivity index (χ1) is 6.82. The highest BCUT2D eigenvalue weighted by molar-refractivity contribution is 5.82. The highest BCUT2D eigenvalue weighted by atomic mass is 19.4. The van der Waals surface area contributed by atoms with E-state index in [1.165, 1.54) is 6.92 Å². The molecule has 0 bridgehead atoms. The number of ether oxygens (including phenoxy) is 1. The van der Waals surface area contributed by atoms with E-state index in [0.717, 1.165) is 0 Å². The van der Waals surface area contributed by atoms with Crippen LogP contribution in [0.2, 0.25) is 0 Å². The van der Waals surface area contributed by atoms with Gasteiger partial charge in [0.1, 0.15) is 6.10 Å². The number of halogens is 3. The molecule has 0 spiro atoms. The van der Waals surface area contributed by atoms with E-state index < -0.39 is 30.3 Å². The molecule has 1 aliphatic rings. The third kappa shape index (κ3) is 3.07. The summed E-state index contributed by atoms with van der Waals surface area (Å²) in [5, 5.41) is 11.2. The Morgan fingerprint density at radius 3 is 2.67 bits per heavy atom. The molecule has 0 aromatic rings. The van der Waals surface area contributed by atoms with Gasteiger partial charge in [-0.2, -0.15) is 13.2 Å². The van der Waals surface area contributed by atoms with Crippen molar-refractivity contribution in [2.45, 2.75) is 37.8 Å². The summed E-state index contributed by atoms with van der Waals surface area (Å²) in [7, 11) is 0. The van der Waals surface area contributed by atoms with Crippen LogP contribution in [0.4, 0.5) is 13.2 Å². The van der Waals surface area contributed by atoms with Crippen molar-refractivity contribution in [1.82, 2.24) is 5.32 Å². The number of nitrogens with one attached hydrogen (secondary N) is 1. The summed E-state index contributed by atoms with van der Waals surface area (Å²) >= 11 is 0. The molecule has 0 unspecified atom stereocenters. The molecule has 1 rings (SSSR count). The third-order valence-electron chi connectivity index (χ3n) is 2.28. The largest absolute Gasteiger partial charge is 0.471 e. The zero-order chi connectivity index (χ0) is 11.6. The van der Waals surface area contributed by atoms with Crippen LogP contribution in [0.1, 0.15) is 13.3 Å². The van der Waals surface area contributed by atoms with Crippen molar-refractivity contribution in [1.29, 1.82) is 0 Å². The molecule has 1 saturated heterocycles. The lowest BCUT2D eigenvalue weighted by Gasteiger charge is -2.33. The number of rotatable bonds is 1. The second kappa shape index (κ2) is 4.36. The molecule has 0 radical (unpaired) electrons. The lowest BCUT2D eigenvalue weighted by molar-refractivity contribution is -0.177. The van der Waals surface area contributed by atoms with Gasteiger partial charge in [-0.3, -0.25) is 4.79 Å². The van der Waals surface area contributed by atoms with Gasteiger partial charge in [0.05, 0.1) is 12.1 Å². The topological polar surface area (TPSA) is 58.6 Å². The molecule has 1 amide bonds. The predicted octanol–water partition coefficient (Wildman–Crippen LogP) is 0.203. The van der Waals surface area contributed by atoms with Crippen molar-refractivity contribution in [3.8, 4) is 0 Å². The smallest absolute Gasteiger partial charge is 0.388 e. The number of hydrogen-bond donors (Lipinski definition) is 2. The van der Waals surface area contributed by atoms with Crippen molar-refractivity contribution < 1.29 is 27.8 Å². The van der Waals surface area contributed by atoms with Gasteiger partial charge in [-0.05, 0) is 13.3 Å². The molecule has 1 aliphatic heterocycles. The van der Waals surface area contributed by atoms with E-state index in [9.17, 15) is 23.1 Å². The summed E-state index contributed by atoms with van der Waals surface area (Å²) in [5.74, 6) is -2.03. The Balaban J connectivity index is 2.54. The highest BCUT2D eigenvalue weighted by Gasteiger charge is 2.42. The fraction of sp³-hybridized carbons (Fsp3) is 0.875. The maximum absolute atomic E-state index is 11.9. The molecule has 0 aliphatic carbocycles. The molecule has 0 aromatic heterocycles.